The first kappa shape index (κ1) is 25.2. The quantitative estimate of drug-likeness (QED) is 0.237. The molecule has 4 N–H and O–H groups in total. The summed E-state index contributed by atoms with van der Waals surface area (Å²) in [5, 5.41) is 6.40. The molecule has 2 heterocycles. The lowest BCUT2D eigenvalue weighted by molar-refractivity contribution is 0.244. The van der Waals surface area contributed by atoms with Crippen LogP contribution in [0.2, 0.25) is 0 Å². The van der Waals surface area contributed by atoms with Crippen molar-refractivity contribution in [2.45, 2.75) is 61.9 Å². The van der Waals surface area contributed by atoms with Crippen LogP contribution in [0.5, 0.6) is 0 Å². The predicted molar refractivity (Wildman–Crippen MR) is 127 cm³/mol. The number of nitrogens with one attached hydrogen (secondary N) is 4. The Bertz CT molecular complexity index is 564. The maximum absolute atomic E-state index is 11.8. The average Bonchev–Trinajstić information content (AvgIpc) is 3.34. The minimum Gasteiger partial charge on any atom is -0.337 e. The summed E-state index contributed by atoms with van der Waals surface area (Å²) < 4.78 is 27.2. The Morgan fingerprint density at radius 2 is 1.21 bits per heavy atom. The number of hydrogen-bond donors (Lipinski definition) is 4. The van der Waals surface area contributed by atoms with E-state index in [-0.39, 0.29) is 0 Å². The zero-order valence-electron chi connectivity index (χ0n) is 16.3. The van der Waals surface area contributed by atoms with Crippen molar-refractivity contribution in [2.75, 3.05) is 24.6 Å². The summed E-state index contributed by atoms with van der Waals surface area (Å²) in [7, 11) is 3.43. The van der Waals surface area contributed by atoms with E-state index in [1.807, 2.05) is 43.2 Å². The molecule has 0 bridgehead atoms. The highest BCUT2D eigenvalue weighted by Gasteiger charge is 2.18. The van der Waals surface area contributed by atoms with E-state index in [0.717, 1.165) is 38.5 Å². The minimum atomic E-state index is -4.23. The van der Waals surface area contributed by atoms with Crippen molar-refractivity contribution >= 4 is 65.4 Å². The van der Waals surface area contributed by atoms with Gasteiger partial charge >= 0.3 is 22.3 Å². The number of unbranched alkanes of at least 4 members (excludes halogenated alkanes) is 2. The van der Waals surface area contributed by atoms with Crippen molar-refractivity contribution in [1.29, 1.82) is 0 Å². The summed E-state index contributed by atoms with van der Waals surface area (Å²) in [6.07, 6.45) is 8.25. The molecule has 0 aliphatic carbocycles. The number of amides is 4. The van der Waals surface area contributed by atoms with Gasteiger partial charge in [-0.05, 0) is 38.5 Å². The Morgan fingerprint density at radius 1 is 0.759 bits per heavy atom. The molecule has 0 radical (unpaired) electrons. The van der Waals surface area contributed by atoms with Crippen LogP contribution in [0.4, 0.5) is 9.59 Å². The van der Waals surface area contributed by atoms with E-state index in [4.69, 9.17) is 0 Å². The van der Waals surface area contributed by atoms with Crippen molar-refractivity contribution in [3.05, 3.63) is 0 Å². The van der Waals surface area contributed by atoms with Crippen molar-refractivity contribution < 1.29 is 18.0 Å². The molecule has 2 unspecified atom stereocenters. The molecular formula is C16H30N4O4S5. The second-order valence-corrected chi connectivity index (χ2v) is 13.9. The van der Waals surface area contributed by atoms with E-state index >= 15 is 0 Å². The van der Waals surface area contributed by atoms with Gasteiger partial charge in [0.1, 0.15) is 0 Å². The second kappa shape index (κ2) is 14.0. The van der Waals surface area contributed by atoms with Gasteiger partial charge in [0.2, 0.25) is 0 Å². The average molecular weight is 503 g/mol. The smallest absolute Gasteiger partial charge is 0.329 e. The standard InChI is InChI=1S/C16H30N4O4S5/c21-15(17-9-3-1-5-13-7-11-25-27-13)19-29(23,24)20-16(22)18-10-4-2-6-14-8-12-26-28-14/h13-14H,1-12H2,(H2,17,19,21)(H2,18,20,22). The lowest BCUT2D eigenvalue weighted by atomic mass is 10.1. The lowest BCUT2D eigenvalue weighted by Crippen LogP contribution is -2.50. The third-order valence-corrected chi connectivity index (χ3v) is 11.3. The summed E-state index contributed by atoms with van der Waals surface area (Å²) in [6.45, 7) is 0.797. The summed E-state index contributed by atoms with van der Waals surface area (Å²) in [4.78, 5) is 23.4. The van der Waals surface area contributed by atoms with Crippen molar-refractivity contribution in [3.8, 4) is 0 Å². The Hall–Kier alpha value is -0.110. The molecule has 0 aromatic carbocycles. The Morgan fingerprint density at radius 3 is 1.59 bits per heavy atom. The molecule has 2 aliphatic rings. The van der Waals surface area contributed by atoms with Gasteiger partial charge in [-0.15, -0.1) is 0 Å². The Balaban J connectivity index is 1.48. The highest BCUT2D eigenvalue weighted by molar-refractivity contribution is 8.77. The van der Waals surface area contributed by atoms with Crippen molar-refractivity contribution in [1.82, 2.24) is 20.1 Å². The predicted octanol–water partition coefficient (Wildman–Crippen LogP) is 3.48. The first-order chi connectivity index (χ1) is 13.9. The van der Waals surface area contributed by atoms with Crippen LogP contribution in [0.1, 0.15) is 51.4 Å². The zero-order valence-corrected chi connectivity index (χ0v) is 20.4. The van der Waals surface area contributed by atoms with Crippen LogP contribution in [0.3, 0.4) is 0 Å². The third-order valence-electron chi connectivity index (χ3n) is 4.39. The molecule has 0 aromatic heterocycles. The molecule has 2 atom stereocenters. The lowest BCUT2D eigenvalue weighted by Gasteiger charge is -2.11. The highest BCUT2D eigenvalue weighted by Crippen LogP contribution is 2.40. The van der Waals surface area contributed by atoms with Crippen molar-refractivity contribution in [2.24, 2.45) is 0 Å². The normalized spacial score (nSPS) is 21.7. The van der Waals surface area contributed by atoms with Gasteiger partial charge in [0.05, 0.1) is 0 Å². The van der Waals surface area contributed by atoms with Gasteiger partial charge in [0.15, 0.2) is 0 Å². The molecule has 168 valence electrons. The van der Waals surface area contributed by atoms with Crippen LogP contribution in [-0.2, 0) is 10.2 Å². The molecule has 0 aromatic rings. The zero-order chi connectivity index (χ0) is 21.0. The Labute approximate surface area is 189 Å². The molecule has 2 rings (SSSR count). The molecule has 8 nitrogen and oxygen atoms in total. The number of urea groups is 2. The summed E-state index contributed by atoms with van der Waals surface area (Å²) in [6, 6.07) is -1.66. The molecule has 0 spiro atoms. The number of carbonyl (C=O) groups excluding carboxylic acids is 2. The van der Waals surface area contributed by atoms with Crippen molar-refractivity contribution in [3.63, 3.8) is 0 Å². The van der Waals surface area contributed by atoms with Crippen LogP contribution < -0.4 is 20.1 Å². The van der Waals surface area contributed by atoms with E-state index in [2.05, 4.69) is 10.6 Å². The van der Waals surface area contributed by atoms with E-state index in [0.29, 0.717) is 23.6 Å². The molecule has 2 aliphatic heterocycles. The summed E-state index contributed by atoms with van der Waals surface area (Å²) >= 11 is 0. The molecule has 29 heavy (non-hydrogen) atoms. The molecule has 2 fully saturated rings. The van der Waals surface area contributed by atoms with E-state index in [9.17, 15) is 18.0 Å². The maximum atomic E-state index is 11.8. The van der Waals surface area contributed by atoms with Gasteiger partial charge < -0.3 is 10.6 Å². The summed E-state index contributed by atoms with van der Waals surface area (Å²) in [5.74, 6) is 2.40. The molecule has 4 amide bonds. The van der Waals surface area contributed by atoms with E-state index in [1.54, 1.807) is 9.44 Å². The maximum Gasteiger partial charge on any atom is 0.329 e. The fourth-order valence-corrected chi connectivity index (χ4v) is 9.61. The fraction of sp³-hybridized carbons (Fsp3) is 0.875. The third kappa shape index (κ3) is 11.7. The summed E-state index contributed by atoms with van der Waals surface area (Å²) in [5.41, 5.74) is 0. The topological polar surface area (TPSA) is 116 Å². The minimum absolute atomic E-state index is 0.399. The highest BCUT2D eigenvalue weighted by atomic mass is 33.1. The monoisotopic (exact) mass is 502 g/mol. The van der Waals surface area contributed by atoms with Gasteiger partial charge in [0, 0.05) is 35.1 Å². The second-order valence-electron chi connectivity index (χ2n) is 6.87. The van der Waals surface area contributed by atoms with Gasteiger partial charge in [0.25, 0.3) is 0 Å². The van der Waals surface area contributed by atoms with Crippen LogP contribution in [-0.4, -0.2) is 55.6 Å². The van der Waals surface area contributed by atoms with Crippen LogP contribution in [0.25, 0.3) is 0 Å². The van der Waals surface area contributed by atoms with E-state index < -0.39 is 22.3 Å². The molecule has 2 saturated heterocycles. The van der Waals surface area contributed by atoms with E-state index in [1.165, 1.54) is 24.3 Å². The van der Waals surface area contributed by atoms with Crippen LogP contribution in [0.15, 0.2) is 0 Å². The van der Waals surface area contributed by atoms with Gasteiger partial charge in [-0.25, -0.2) is 19.0 Å². The largest absolute Gasteiger partial charge is 0.337 e. The molecule has 0 saturated carbocycles. The first-order valence-electron chi connectivity index (χ1n) is 9.87. The Kier molecular flexibility index (Phi) is 12.2. The number of rotatable bonds is 12. The molecular weight excluding hydrogens is 473 g/mol. The van der Waals surface area contributed by atoms with Gasteiger partial charge in [-0.2, -0.15) is 8.42 Å². The van der Waals surface area contributed by atoms with Gasteiger partial charge in [-0.3, -0.25) is 0 Å². The number of hydrogen-bond acceptors (Lipinski definition) is 8. The molecule has 13 heteroatoms. The first-order valence-corrected chi connectivity index (χ1v) is 16.1. The van der Waals surface area contributed by atoms with Gasteiger partial charge in [-0.1, -0.05) is 56.0 Å². The van der Waals surface area contributed by atoms with Crippen LogP contribution >= 0.6 is 43.2 Å². The SMILES string of the molecule is O=C(NCCCCC1CCSS1)NS(=O)(=O)NC(=O)NCCCCC1CCSS1. The number of carbonyl (C=O) groups is 2. The van der Waals surface area contributed by atoms with Crippen LogP contribution in [0, 0.1) is 0 Å². The fourth-order valence-electron chi connectivity index (χ4n) is 2.87.